The number of hydrogen-bond acceptors (Lipinski definition) is 7. The summed E-state index contributed by atoms with van der Waals surface area (Å²) in [4.78, 5) is 39.1. The summed E-state index contributed by atoms with van der Waals surface area (Å²) < 4.78 is 5.28. The van der Waals surface area contributed by atoms with Crippen LogP contribution in [0.25, 0.3) is 11.4 Å². The molecule has 1 heterocycles. The molecule has 0 saturated heterocycles. The molecule has 3 aromatic rings. The molecule has 12 heteroatoms. The number of nitrogens with one attached hydrogen (secondary N) is 4. The number of anilines is 1. The van der Waals surface area contributed by atoms with E-state index < -0.39 is 11.8 Å². The van der Waals surface area contributed by atoms with Crippen molar-refractivity contribution in [2.75, 3.05) is 17.7 Å². The number of carbonyl (C=O) groups excluding carboxylic acids is 3. The Hall–Kier alpha value is -3.57. The Morgan fingerprint density at radius 2 is 1.72 bits per heavy atom. The van der Waals surface area contributed by atoms with Crippen LogP contribution in [0.5, 0.6) is 5.75 Å². The first-order valence-electron chi connectivity index (χ1n) is 9.28. The Bertz CT molecular complexity index is 1090. The number of aromatic nitrogens is 3. The van der Waals surface area contributed by atoms with Gasteiger partial charge in [0.25, 0.3) is 5.91 Å². The number of ether oxygens (including phenoxy) is 1. The van der Waals surface area contributed by atoms with Gasteiger partial charge in [0, 0.05) is 23.2 Å². The van der Waals surface area contributed by atoms with Gasteiger partial charge in [-0.3, -0.25) is 30.3 Å². The molecule has 3 rings (SSSR count). The topological polar surface area (TPSA) is 138 Å². The molecule has 0 radical (unpaired) electrons. The number of H-pyrrole nitrogens is 1. The van der Waals surface area contributed by atoms with Crippen LogP contribution in [0.3, 0.4) is 0 Å². The van der Waals surface area contributed by atoms with Gasteiger partial charge >= 0.3 is 0 Å². The Morgan fingerprint density at radius 3 is 2.41 bits per heavy atom. The summed E-state index contributed by atoms with van der Waals surface area (Å²) in [5.74, 6) is -0.0925. The SMILES string of the molecule is CC(=O)Nc1ccc(-c2nc(SCC(=O)NNC(=O)COc3ccc(Cl)cc3)n[nH]2)cc1. The number of thioether (sulfide) groups is 1. The third kappa shape index (κ3) is 7.29. The van der Waals surface area contributed by atoms with Gasteiger partial charge in [-0.15, -0.1) is 5.10 Å². The molecule has 3 amide bonds. The van der Waals surface area contributed by atoms with Crippen LogP contribution in [0, 0.1) is 0 Å². The van der Waals surface area contributed by atoms with E-state index >= 15 is 0 Å². The maximum absolute atomic E-state index is 11.9. The van der Waals surface area contributed by atoms with Crippen LogP contribution in [-0.4, -0.2) is 45.3 Å². The third-order valence-corrected chi connectivity index (χ3v) is 4.90. The molecule has 32 heavy (non-hydrogen) atoms. The fourth-order valence-corrected chi connectivity index (χ4v) is 3.10. The maximum atomic E-state index is 11.9. The number of hydrazine groups is 1. The van der Waals surface area contributed by atoms with Crippen molar-refractivity contribution >= 4 is 46.8 Å². The van der Waals surface area contributed by atoms with Gasteiger partial charge in [-0.1, -0.05) is 23.4 Å². The van der Waals surface area contributed by atoms with E-state index in [0.29, 0.717) is 27.4 Å². The highest BCUT2D eigenvalue weighted by Crippen LogP contribution is 2.21. The molecule has 4 N–H and O–H groups in total. The molecular formula is C20H19ClN6O4S. The predicted octanol–water partition coefficient (Wildman–Crippen LogP) is 2.40. The number of hydrogen-bond donors (Lipinski definition) is 4. The average molecular weight is 475 g/mol. The smallest absolute Gasteiger partial charge is 0.276 e. The van der Waals surface area contributed by atoms with Crippen molar-refractivity contribution < 1.29 is 19.1 Å². The first-order chi connectivity index (χ1) is 15.4. The zero-order valence-electron chi connectivity index (χ0n) is 16.8. The second-order valence-corrected chi connectivity index (χ2v) is 7.73. The zero-order valence-corrected chi connectivity index (χ0v) is 18.4. The highest BCUT2D eigenvalue weighted by molar-refractivity contribution is 7.99. The molecule has 0 fully saturated rings. The standard InChI is InChI=1S/C20H19ClN6O4S/c1-12(28)22-15-6-2-13(3-7-15)19-23-20(27-26-19)32-11-18(30)25-24-17(29)10-31-16-8-4-14(21)5-9-16/h2-9H,10-11H2,1H3,(H,22,28)(H,24,29)(H,25,30)(H,23,26,27). The summed E-state index contributed by atoms with van der Waals surface area (Å²) in [5.41, 5.74) is 6.01. The summed E-state index contributed by atoms with van der Waals surface area (Å²) in [6.45, 7) is 1.17. The monoisotopic (exact) mass is 474 g/mol. The first-order valence-corrected chi connectivity index (χ1v) is 10.6. The third-order valence-electron chi connectivity index (χ3n) is 3.80. The molecule has 10 nitrogen and oxygen atoms in total. The van der Waals surface area contributed by atoms with Crippen molar-refractivity contribution in [3.05, 3.63) is 53.6 Å². The van der Waals surface area contributed by atoms with Gasteiger partial charge in [0.1, 0.15) is 5.75 Å². The van der Waals surface area contributed by atoms with Crippen LogP contribution in [-0.2, 0) is 14.4 Å². The molecule has 0 aliphatic carbocycles. The van der Waals surface area contributed by atoms with Crippen molar-refractivity contribution in [1.82, 2.24) is 26.0 Å². The fraction of sp³-hybridized carbons (Fsp3) is 0.150. The lowest BCUT2D eigenvalue weighted by molar-refractivity contribution is -0.128. The summed E-state index contributed by atoms with van der Waals surface area (Å²) in [6, 6.07) is 13.6. The highest BCUT2D eigenvalue weighted by atomic mass is 35.5. The minimum absolute atomic E-state index is 0.00289. The predicted molar refractivity (Wildman–Crippen MR) is 120 cm³/mol. The van der Waals surface area contributed by atoms with Gasteiger partial charge in [0.05, 0.1) is 5.75 Å². The lowest BCUT2D eigenvalue weighted by atomic mass is 10.2. The number of carbonyl (C=O) groups is 3. The van der Waals surface area contributed by atoms with Crippen LogP contribution in [0.15, 0.2) is 53.7 Å². The first kappa shape index (κ1) is 23.1. The molecule has 0 unspecified atom stereocenters. The minimum atomic E-state index is -0.513. The van der Waals surface area contributed by atoms with Gasteiger partial charge in [0.15, 0.2) is 12.4 Å². The lowest BCUT2D eigenvalue weighted by Gasteiger charge is -2.08. The molecule has 0 spiro atoms. The van der Waals surface area contributed by atoms with Crippen molar-refractivity contribution in [3.8, 4) is 17.1 Å². The number of benzene rings is 2. The van der Waals surface area contributed by atoms with E-state index in [9.17, 15) is 14.4 Å². The molecule has 2 aromatic carbocycles. The van der Waals surface area contributed by atoms with Crippen molar-refractivity contribution in [2.45, 2.75) is 12.1 Å². The van der Waals surface area contributed by atoms with E-state index in [-0.39, 0.29) is 18.3 Å². The van der Waals surface area contributed by atoms with E-state index in [2.05, 4.69) is 31.3 Å². The molecule has 0 bridgehead atoms. The molecule has 166 valence electrons. The zero-order chi connectivity index (χ0) is 22.9. The maximum Gasteiger partial charge on any atom is 0.276 e. The van der Waals surface area contributed by atoms with Gasteiger partial charge in [-0.25, -0.2) is 4.98 Å². The number of nitrogens with zero attached hydrogens (tertiary/aromatic N) is 2. The lowest BCUT2D eigenvalue weighted by Crippen LogP contribution is -2.44. The van der Waals surface area contributed by atoms with E-state index in [0.717, 1.165) is 17.3 Å². The summed E-state index contributed by atoms with van der Waals surface area (Å²) in [6.07, 6.45) is 0. The Morgan fingerprint density at radius 1 is 1.03 bits per heavy atom. The molecule has 0 aliphatic rings. The van der Waals surface area contributed by atoms with Gasteiger partial charge < -0.3 is 10.1 Å². The van der Waals surface area contributed by atoms with E-state index in [1.54, 1.807) is 48.5 Å². The summed E-state index contributed by atoms with van der Waals surface area (Å²) in [7, 11) is 0. The van der Waals surface area contributed by atoms with Crippen molar-refractivity contribution in [1.29, 1.82) is 0 Å². The quantitative estimate of drug-likeness (QED) is 0.290. The van der Waals surface area contributed by atoms with Crippen molar-refractivity contribution in [3.63, 3.8) is 0 Å². The number of halogens is 1. The Balaban J connectivity index is 1.39. The highest BCUT2D eigenvalue weighted by Gasteiger charge is 2.10. The summed E-state index contributed by atoms with van der Waals surface area (Å²) in [5, 5.41) is 10.5. The molecule has 0 aliphatic heterocycles. The van der Waals surface area contributed by atoms with E-state index in [1.165, 1.54) is 6.92 Å². The Kier molecular flexibility index (Phi) is 8.06. The van der Waals surface area contributed by atoms with Crippen LogP contribution in [0.1, 0.15) is 6.92 Å². The molecule has 0 atom stereocenters. The second kappa shape index (κ2) is 11.2. The molecular weight excluding hydrogens is 456 g/mol. The number of rotatable bonds is 8. The van der Waals surface area contributed by atoms with E-state index in [1.807, 2.05) is 0 Å². The van der Waals surface area contributed by atoms with Gasteiger partial charge in [-0.2, -0.15) is 0 Å². The number of aromatic amines is 1. The largest absolute Gasteiger partial charge is 0.484 e. The average Bonchev–Trinajstić information content (AvgIpc) is 3.25. The van der Waals surface area contributed by atoms with Crippen LogP contribution in [0.2, 0.25) is 5.02 Å². The summed E-state index contributed by atoms with van der Waals surface area (Å²) >= 11 is 6.88. The van der Waals surface area contributed by atoms with Crippen molar-refractivity contribution in [2.24, 2.45) is 0 Å². The molecule has 0 saturated carbocycles. The number of amides is 3. The minimum Gasteiger partial charge on any atom is -0.484 e. The van der Waals surface area contributed by atoms with Gasteiger partial charge in [0.2, 0.25) is 17.0 Å². The second-order valence-electron chi connectivity index (χ2n) is 6.35. The molecule has 1 aromatic heterocycles. The van der Waals surface area contributed by atoms with Crippen LogP contribution >= 0.6 is 23.4 Å². The Labute approximate surface area is 192 Å². The van der Waals surface area contributed by atoms with Gasteiger partial charge in [-0.05, 0) is 48.5 Å². The van der Waals surface area contributed by atoms with E-state index in [4.69, 9.17) is 16.3 Å². The van der Waals surface area contributed by atoms with Crippen LogP contribution in [0.4, 0.5) is 5.69 Å². The van der Waals surface area contributed by atoms with Crippen LogP contribution < -0.4 is 20.9 Å². The normalized spacial score (nSPS) is 10.3. The fourth-order valence-electron chi connectivity index (χ4n) is 2.38.